The summed E-state index contributed by atoms with van der Waals surface area (Å²) in [6, 6.07) is 9.41. The summed E-state index contributed by atoms with van der Waals surface area (Å²) in [5, 5.41) is 35.8. The lowest BCUT2D eigenvalue weighted by Crippen LogP contribution is -2.08. The molecule has 22 heavy (non-hydrogen) atoms. The third-order valence-electron chi connectivity index (χ3n) is 3.09. The molecule has 2 aromatic carbocycles. The van der Waals surface area contributed by atoms with Crippen molar-refractivity contribution in [3.63, 3.8) is 0 Å². The van der Waals surface area contributed by atoms with Gasteiger partial charge in [0.15, 0.2) is 0 Å². The van der Waals surface area contributed by atoms with Crippen molar-refractivity contribution in [2.24, 2.45) is 0 Å². The highest BCUT2D eigenvalue weighted by molar-refractivity contribution is 5.99. The number of halogens is 3. The van der Waals surface area contributed by atoms with Crippen LogP contribution in [0.3, 0.4) is 0 Å². The van der Waals surface area contributed by atoms with Crippen LogP contribution >= 0.6 is 0 Å². The van der Waals surface area contributed by atoms with Gasteiger partial charge in [-0.2, -0.15) is 34.2 Å². The van der Waals surface area contributed by atoms with Gasteiger partial charge in [0, 0.05) is 10.8 Å². The highest BCUT2D eigenvalue weighted by Crippen LogP contribution is 2.39. The predicted octanol–water partition coefficient (Wildman–Crippen LogP) is 3.35. The fourth-order valence-corrected chi connectivity index (χ4v) is 2.23. The second-order valence-electron chi connectivity index (χ2n) is 4.17. The van der Waals surface area contributed by atoms with Gasteiger partial charge in [0.2, 0.25) is 0 Å². The Morgan fingerprint density at radius 1 is 0.727 bits per heavy atom. The summed E-state index contributed by atoms with van der Waals surface area (Å²) in [7, 11) is 0. The predicted molar refractivity (Wildman–Crippen MR) is 67.8 cm³/mol. The first-order valence-electron chi connectivity index (χ1n) is 5.71. The average molecular weight is 296 g/mol. The largest absolute Gasteiger partial charge is 0.417 e. The number of hydrogen-bond acceptors (Lipinski definition) is 4. The number of alkyl halides is 3. The Bertz CT molecular complexity index is 961. The van der Waals surface area contributed by atoms with E-state index in [9.17, 15) is 13.2 Å². The molecule has 0 bridgehead atoms. The minimum Gasteiger partial charge on any atom is -0.192 e. The first-order valence-corrected chi connectivity index (χ1v) is 5.71. The molecular formula is C15H3F3N4. The zero-order valence-electron chi connectivity index (χ0n) is 10.7. The quantitative estimate of drug-likeness (QED) is 0.744. The molecule has 2 rings (SSSR count). The number of nitrogens with zero attached hydrogens (tertiary/aromatic N) is 4. The van der Waals surface area contributed by atoms with Crippen LogP contribution in [-0.2, 0) is 6.18 Å². The van der Waals surface area contributed by atoms with Crippen LogP contribution in [0.15, 0.2) is 18.2 Å². The first kappa shape index (κ1) is 14.9. The molecule has 0 aliphatic carbocycles. The Hall–Kier alpha value is -3.55. The zero-order valence-corrected chi connectivity index (χ0v) is 10.7. The van der Waals surface area contributed by atoms with Gasteiger partial charge in [-0.15, -0.1) is 0 Å². The van der Waals surface area contributed by atoms with Gasteiger partial charge in [0.1, 0.15) is 24.3 Å². The van der Waals surface area contributed by atoms with E-state index in [1.54, 1.807) is 24.3 Å². The highest BCUT2D eigenvalue weighted by Gasteiger charge is 2.35. The highest BCUT2D eigenvalue weighted by atomic mass is 19.4. The molecule has 0 fully saturated rings. The normalized spacial score (nSPS) is 10.3. The van der Waals surface area contributed by atoms with Gasteiger partial charge in [0.05, 0.1) is 27.8 Å². The van der Waals surface area contributed by atoms with Crippen molar-refractivity contribution in [2.45, 2.75) is 6.18 Å². The average Bonchev–Trinajstić information content (AvgIpc) is 2.50. The maximum absolute atomic E-state index is 13.1. The topological polar surface area (TPSA) is 95.2 Å². The van der Waals surface area contributed by atoms with Crippen molar-refractivity contribution in [3.05, 3.63) is 46.0 Å². The molecule has 0 spiro atoms. The van der Waals surface area contributed by atoms with Crippen LogP contribution in [0, 0.1) is 45.3 Å². The monoisotopic (exact) mass is 296 g/mol. The molecule has 4 nitrogen and oxygen atoms in total. The van der Waals surface area contributed by atoms with Gasteiger partial charge in [-0.25, -0.2) is 0 Å². The maximum Gasteiger partial charge on any atom is 0.417 e. The molecule has 0 atom stereocenters. The van der Waals surface area contributed by atoms with Crippen LogP contribution in [0.1, 0.15) is 27.8 Å². The SMILES string of the molecule is N#Cc1c(C#N)c(C#N)c2c(C(F)(F)F)cccc2c1C#N. The Kier molecular flexibility index (Phi) is 3.44. The smallest absolute Gasteiger partial charge is 0.192 e. The Morgan fingerprint density at radius 3 is 1.68 bits per heavy atom. The molecule has 0 radical (unpaired) electrons. The molecule has 0 N–H and O–H groups in total. The molecular weight excluding hydrogens is 293 g/mol. The van der Waals surface area contributed by atoms with Crippen molar-refractivity contribution in [3.8, 4) is 24.3 Å². The molecule has 0 unspecified atom stereocenters. The maximum atomic E-state index is 13.1. The van der Waals surface area contributed by atoms with E-state index in [1.807, 2.05) is 0 Å². The number of fused-ring (bicyclic) bond motifs is 1. The van der Waals surface area contributed by atoms with E-state index in [1.165, 1.54) is 6.07 Å². The van der Waals surface area contributed by atoms with Crippen molar-refractivity contribution in [1.82, 2.24) is 0 Å². The molecule has 0 aromatic heterocycles. The molecule has 0 aliphatic heterocycles. The third kappa shape index (κ3) is 1.99. The van der Waals surface area contributed by atoms with Crippen molar-refractivity contribution < 1.29 is 13.2 Å². The molecule has 0 saturated heterocycles. The van der Waals surface area contributed by atoms with Crippen LogP contribution in [-0.4, -0.2) is 0 Å². The molecule has 0 saturated carbocycles. The molecule has 0 heterocycles. The fourth-order valence-electron chi connectivity index (χ4n) is 2.23. The molecule has 0 amide bonds. The number of nitriles is 4. The lowest BCUT2D eigenvalue weighted by molar-refractivity contribution is -0.136. The van der Waals surface area contributed by atoms with E-state index >= 15 is 0 Å². The minimum atomic E-state index is -4.77. The van der Waals surface area contributed by atoms with E-state index in [-0.39, 0.29) is 10.9 Å². The van der Waals surface area contributed by atoms with E-state index in [0.29, 0.717) is 0 Å². The number of rotatable bonds is 0. The summed E-state index contributed by atoms with van der Waals surface area (Å²) in [4.78, 5) is 0. The van der Waals surface area contributed by atoms with Gasteiger partial charge in [-0.3, -0.25) is 0 Å². The van der Waals surface area contributed by atoms with Crippen molar-refractivity contribution >= 4 is 10.8 Å². The summed E-state index contributed by atoms with van der Waals surface area (Å²) in [6.45, 7) is 0. The second kappa shape index (κ2) is 5.09. The number of hydrogen-bond donors (Lipinski definition) is 0. The van der Waals surface area contributed by atoms with Crippen LogP contribution < -0.4 is 0 Å². The van der Waals surface area contributed by atoms with E-state index in [2.05, 4.69) is 0 Å². The van der Waals surface area contributed by atoms with Gasteiger partial charge in [-0.05, 0) is 6.07 Å². The Balaban J connectivity index is 3.27. The van der Waals surface area contributed by atoms with E-state index < -0.39 is 33.8 Å². The summed E-state index contributed by atoms with van der Waals surface area (Å²) >= 11 is 0. The minimum absolute atomic E-state index is 0.176. The van der Waals surface area contributed by atoms with Gasteiger partial charge in [0.25, 0.3) is 0 Å². The van der Waals surface area contributed by atoms with Crippen LogP contribution in [0.2, 0.25) is 0 Å². The van der Waals surface area contributed by atoms with Gasteiger partial charge >= 0.3 is 6.18 Å². The van der Waals surface area contributed by atoms with Crippen molar-refractivity contribution in [2.75, 3.05) is 0 Å². The van der Waals surface area contributed by atoms with E-state index in [4.69, 9.17) is 21.0 Å². The van der Waals surface area contributed by atoms with E-state index in [0.717, 1.165) is 12.1 Å². The van der Waals surface area contributed by atoms with Crippen molar-refractivity contribution in [1.29, 1.82) is 21.0 Å². The lowest BCUT2D eigenvalue weighted by Gasteiger charge is -2.14. The van der Waals surface area contributed by atoms with Crippen LogP contribution in [0.5, 0.6) is 0 Å². The standard InChI is InChI=1S/C15H3F3N4/c16-15(17,18)13-3-1-2-8-9(4-19)10(5-20)11(6-21)12(7-22)14(8)13/h1-3H. The third-order valence-corrected chi connectivity index (χ3v) is 3.09. The fraction of sp³-hybridized carbons (Fsp3) is 0.0667. The summed E-state index contributed by atoms with van der Waals surface area (Å²) in [6.07, 6.45) is -4.77. The summed E-state index contributed by atoms with van der Waals surface area (Å²) in [5.74, 6) is 0. The van der Waals surface area contributed by atoms with Crippen LogP contribution in [0.4, 0.5) is 13.2 Å². The molecule has 2 aromatic rings. The summed E-state index contributed by atoms with van der Waals surface area (Å²) < 4.78 is 39.4. The molecule has 104 valence electrons. The van der Waals surface area contributed by atoms with Gasteiger partial charge in [-0.1, -0.05) is 12.1 Å². The molecule has 7 heteroatoms. The Morgan fingerprint density at radius 2 is 1.23 bits per heavy atom. The lowest BCUT2D eigenvalue weighted by atomic mass is 9.88. The summed E-state index contributed by atoms with van der Waals surface area (Å²) in [5.41, 5.74) is -2.95. The molecule has 0 aliphatic rings. The van der Waals surface area contributed by atoms with Gasteiger partial charge < -0.3 is 0 Å². The van der Waals surface area contributed by atoms with Crippen LogP contribution in [0.25, 0.3) is 10.8 Å². The first-order chi connectivity index (χ1) is 10.4. The number of benzene rings is 2. The Labute approximate surface area is 122 Å². The second-order valence-corrected chi connectivity index (χ2v) is 4.17. The zero-order chi connectivity index (χ0) is 16.5.